The summed E-state index contributed by atoms with van der Waals surface area (Å²) < 4.78 is 184. The Kier molecular flexibility index (Phi) is 22.1. The van der Waals surface area contributed by atoms with Crippen LogP contribution in [0.15, 0.2) is 85.8 Å². The minimum absolute atomic E-state index is 0. The summed E-state index contributed by atoms with van der Waals surface area (Å²) in [6, 6.07) is 8.48. The second kappa shape index (κ2) is 23.4. The monoisotopic (exact) mass is 1010 g/mol. The van der Waals surface area contributed by atoms with Crippen LogP contribution in [0.4, 0.5) is 44.7 Å². The summed E-state index contributed by atoms with van der Waals surface area (Å²) in [6.07, 6.45) is 0.761. The summed E-state index contributed by atoms with van der Waals surface area (Å²) in [5, 5.41) is 22.0. The van der Waals surface area contributed by atoms with Gasteiger partial charge < -0.3 is 39.7 Å². The smallest absolute Gasteiger partial charge is 0.744 e. The molecule has 34 heteroatoms. The number of halogens is 1. The van der Waals surface area contributed by atoms with Crippen LogP contribution in [0.1, 0.15) is 5.56 Å². The minimum Gasteiger partial charge on any atom is -0.744 e. The molecule has 0 atom stereocenters. The molecule has 0 aliphatic carbocycles. The first-order chi connectivity index (χ1) is 27.2. The molecule has 0 unspecified atom stereocenters. The molecule has 0 amide bonds. The molecular formula is C29H23FN8Na4O16S5. The number of sulfone groups is 1. The number of fused-ring (bicyclic) bond motifs is 1. The zero-order valence-electron chi connectivity index (χ0n) is 32.9. The third-order valence-electron chi connectivity index (χ3n) is 7.67. The van der Waals surface area contributed by atoms with Gasteiger partial charge in [0.1, 0.15) is 59.6 Å². The van der Waals surface area contributed by atoms with Crippen LogP contribution in [-0.2, 0) is 61.2 Å². The number of hydrogen-bond acceptors (Lipinski definition) is 24. The minimum atomic E-state index is -5.64. The number of anilines is 5. The van der Waals surface area contributed by atoms with E-state index in [0.717, 1.165) is 6.33 Å². The van der Waals surface area contributed by atoms with Crippen molar-refractivity contribution in [2.45, 2.75) is 21.1 Å². The van der Waals surface area contributed by atoms with E-state index in [1.165, 1.54) is 12.1 Å². The number of azo groups is 1. The molecule has 0 aliphatic rings. The van der Waals surface area contributed by atoms with Gasteiger partial charge in [0.2, 0.25) is 22.3 Å². The predicted octanol–water partition coefficient (Wildman–Crippen LogP) is -10.5. The van der Waals surface area contributed by atoms with Crippen molar-refractivity contribution >= 4 is 102 Å². The summed E-state index contributed by atoms with van der Waals surface area (Å²) in [5.41, 5.74) is 2.89. The molecule has 0 aliphatic heterocycles. The largest absolute Gasteiger partial charge is 1.00 e. The molecule has 4 aromatic carbocycles. The Hall–Kier alpha value is -1.57. The molecule has 1 heterocycles. The number of rotatable bonds is 16. The van der Waals surface area contributed by atoms with Gasteiger partial charge in [-0.15, -0.1) is 10.2 Å². The molecule has 24 nitrogen and oxygen atoms in total. The van der Waals surface area contributed by atoms with E-state index in [-0.39, 0.29) is 142 Å². The van der Waals surface area contributed by atoms with Crippen molar-refractivity contribution in [2.24, 2.45) is 10.2 Å². The average Bonchev–Trinajstić information content (AvgIpc) is 3.09. The summed E-state index contributed by atoms with van der Waals surface area (Å²) in [7, 11) is -25.5. The van der Waals surface area contributed by atoms with Gasteiger partial charge in [0, 0.05) is 5.69 Å². The molecule has 0 bridgehead atoms. The third kappa shape index (κ3) is 16.3. The topological polar surface area (TPSA) is 406 Å². The number of aryl methyl sites for hydroxylation is 1. The number of nitrogen functional groups attached to an aromatic ring is 1. The number of nitrogens with one attached hydrogen (secondary N) is 2. The number of aromatic nitrogens is 3. The number of phenolic OH excluding ortho intramolecular Hbond substituents is 1. The maximum atomic E-state index is 14.8. The van der Waals surface area contributed by atoms with Gasteiger partial charge in [0.05, 0.1) is 49.6 Å². The number of nitrogens with two attached hydrogens (primary N) is 1. The van der Waals surface area contributed by atoms with Crippen LogP contribution in [-0.4, -0.2) is 98.5 Å². The van der Waals surface area contributed by atoms with Gasteiger partial charge in [0.25, 0.3) is 0 Å². The SMILES string of the molecule is Nc1c(S(=O)(=O)[O-])cc2cc(S(=O)(=O)[O-])cc(O)c2c1N=Nc1c(Nc2ncnc(Nc3ccccc3CCS(=O)(=O)CCOS(=O)(=O)[O-])n2)cc(F)cc1S(=O)(=O)[O-].[Na+].[Na+].[Na+].[Na+]. The molecule has 5 N–H and O–H groups in total. The quantitative estimate of drug-likeness (QED) is 0.0234. The molecule has 5 rings (SSSR count). The van der Waals surface area contributed by atoms with Crippen molar-refractivity contribution < 1.29 is 192 Å². The van der Waals surface area contributed by atoms with E-state index in [1.54, 1.807) is 12.1 Å². The fourth-order valence-electron chi connectivity index (χ4n) is 5.13. The first-order valence-corrected chi connectivity index (χ1v) is 22.9. The summed E-state index contributed by atoms with van der Waals surface area (Å²) in [4.78, 5) is 8.16. The molecule has 63 heavy (non-hydrogen) atoms. The van der Waals surface area contributed by atoms with Gasteiger partial charge in [-0.2, -0.15) is 4.98 Å². The second-order valence-corrected chi connectivity index (χ2v) is 19.1. The summed E-state index contributed by atoms with van der Waals surface area (Å²) in [5.74, 6) is -4.43. The maximum Gasteiger partial charge on any atom is 1.00 e. The zero-order valence-corrected chi connectivity index (χ0v) is 45.0. The van der Waals surface area contributed by atoms with Crippen molar-refractivity contribution in [1.82, 2.24) is 15.0 Å². The molecule has 0 radical (unpaired) electrons. The van der Waals surface area contributed by atoms with Gasteiger partial charge in [0.15, 0.2) is 9.84 Å². The Morgan fingerprint density at radius 2 is 1.29 bits per heavy atom. The molecule has 5 aromatic rings. The van der Waals surface area contributed by atoms with Crippen LogP contribution in [0.5, 0.6) is 5.75 Å². The van der Waals surface area contributed by atoms with E-state index in [9.17, 15) is 69.8 Å². The maximum absolute atomic E-state index is 14.8. The number of benzene rings is 4. The van der Waals surface area contributed by atoms with E-state index >= 15 is 0 Å². The van der Waals surface area contributed by atoms with E-state index in [0.29, 0.717) is 29.8 Å². The Balaban J connectivity index is 0.00000496. The number of nitrogens with zero attached hydrogens (tertiary/aromatic N) is 5. The Morgan fingerprint density at radius 3 is 1.86 bits per heavy atom. The van der Waals surface area contributed by atoms with E-state index in [2.05, 4.69) is 40.0 Å². The standard InChI is InChI=1S/C29H27FN8O16S5.4Na/c30-17-11-20(35-29-33-14-32-28(36-29)34-19-4-2-1-3-15(19)5-7-55(40,41)8-6-54-59(51,52)53)26(23(12-17)58(48,49)50)37-38-27-24-16(10-22(25(27)31)57(45,46)47)9-18(13-21(24)39)56(42,43)44;;;;/h1-4,9-14,39H,5-8,31H2,(H,42,43,44)(H,45,46,47)(H,48,49,50)(H,51,52,53)(H2,32,33,34,35,36);;;;/q;4*+1/p-4. The van der Waals surface area contributed by atoms with Gasteiger partial charge in [-0.05, 0) is 53.8 Å². The fourth-order valence-corrected chi connectivity index (χ4v) is 8.41. The van der Waals surface area contributed by atoms with Gasteiger partial charge in [-0.1, -0.05) is 18.2 Å². The number of hydrogen-bond donors (Lipinski definition) is 4. The van der Waals surface area contributed by atoms with Gasteiger partial charge in [-0.3, -0.25) is 4.18 Å². The van der Waals surface area contributed by atoms with Crippen molar-refractivity contribution in [1.29, 1.82) is 0 Å². The van der Waals surface area contributed by atoms with Crippen LogP contribution in [0.25, 0.3) is 10.8 Å². The van der Waals surface area contributed by atoms with Crippen LogP contribution < -0.4 is 135 Å². The number of aromatic hydroxyl groups is 1. The van der Waals surface area contributed by atoms with Gasteiger partial charge in [-0.25, -0.2) is 56.4 Å². The van der Waals surface area contributed by atoms with Crippen molar-refractivity contribution in [3.63, 3.8) is 0 Å². The first kappa shape index (κ1) is 59.4. The first-order valence-electron chi connectivity index (χ1n) is 15.6. The van der Waals surface area contributed by atoms with Crippen molar-refractivity contribution in [3.05, 3.63) is 72.3 Å². The molecule has 0 saturated heterocycles. The molecule has 0 spiro atoms. The van der Waals surface area contributed by atoms with E-state index in [4.69, 9.17) is 5.73 Å². The third-order valence-corrected chi connectivity index (χ3v) is 12.3. The molecule has 1 aromatic heterocycles. The van der Waals surface area contributed by atoms with E-state index < -0.39 is 134 Å². The summed E-state index contributed by atoms with van der Waals surface area (Å²) >= 11 is 0. The molecule has 316 valence electrons. The second-order valence-electron chi connectivity index (χ2n) is 11.7. The normalized spacial score (nSPS) is 12.1. The van der Waals surface area contributed by atoms with E-state index in [1.807, 2.05) is 0 Å². The Morgan fingerprint density at radius 1 is 0.714 bits per heavy atom. The molecule has 0 fully saturated rings. The number of para-hydroxylation sites is 1. The number of phenols is 1. The average molecular weight is 1010 g/mol. The van der Waals surface area contributed by atoms with Crippen molar-refractivity contribution in [3.8, 4) is 5.75 Å². The fraction of sp³-hybridized carbons (Fsp3) is 0.138. The van der Waals surface area contributed by atoms with Crippen LogP contribution in [0.2, 0.25) is 0 Å². The summed E-state index contributed by atoms with van der Waals surface area (Å²) in [6.45, 7) is -0.891. The molecular weight excluding hydrogens is 988 g/mol. The van der Waals surface area contributed by atoms with Gasteiger partial charge >= 0.3 is 118 Å². The Bertz CT molecular complexity index is 3120. The van der Waals surface area contributed by atoms with Crippen LogP contribution in [0, 0.1) is 5.82 Å². The predicted molar refractivity (Wildman–Crippen MR) is 195 cm³/mol. The van der Waals surface area contributed by atoms with Crippen molar-refractivity contribution in [2.75, 3.05) is 34.5 Å². The van der Waals surface area contributed by atoms with Crippen LogP contribution in [0.3, 0.4) is 0 Å². The Labute approximate surface area is 446 Å². The van der Waals surface area contributed by atoms with Crippen LogP contribution >= 0.6 is 0 Å². The zero-order chi connectivity index (χ0) is 43.7. The molecule has 0 saturated carbocycles.